The van der Waals surface area contributed by atoms with Crippen molar-refractivity contribution in [2.45, 2.75) is 0 Å². The molecule has 0 radical (unpaired) electrons. The number of rotatable bonds is 3. The zero-order valence-corrected chi connectivity index (χ0v) is 13.5. The molecule has 25 heavy (non-hydrogen) atoms. The number of para-hydroxylation sites is 2. The van der Waals surface area contributed by atoms with Gasteiger partial charge in [0, 0.05) is 6.07 Å². The van der Waals surface area contributed by atoms with E-state index in [1.54, 1.807) is 42.5 Å². The molecule has 0 unspecified atom stereocenters. The summed E-state index contributed by atoms with van der Waals surface area (Å²) in [4.78, 5) is 20.0. The minimum Gasteiger partial charge on any atom is -0.428 e. The zero-order chi connectivity index (χ0) is 17.4. The van der Waals surface area contributed by atoms with Crippen molar-refractivity contribution in [3.8, 4) is 11.6 Å². The molecule has 0 aliphatic rings. The molecule has 0 atom stereocenters. The standard InChI is InChI=1S/C18H11ClFN3O2/c19-11-5-1-2-6-12(11)22-18(24)10-4-3-7-13-16(10)23-17(21-13)14-8-9-15(20)25-14/h1-9H,(H,21,23)(H,22,24). The Labute approximate surface area is 146 Å². The number of anilines is 1. The smallest absolute Gasteiger partial charge is 0.278 e. The zero-order valence-electron chi connectivity index (χ0n) is 12.7. The quantitative estimate of drug-likeness (QED) is 0.551. The van der Waals surface area contributed by atoms with E-state index < -0.39 is 6.01 Å². The van der Waals surface area contributed by atoms with E-state index in [4.69, 9.17) is 16.0 Å². The third-order valence-corrected chi connectivity index (χ3v) is 4.02. The number of aromatic nitrogens is 2. The van der Waals surface area contributed by atoms with E-state index in [1.807, 2.05) is 0 Å². The minimum absolute atomic E-state index is 0.256. The predicted octanol–water partition coefficient (Wildman–Crippen LogP) is 4.87. The van der Waals surface area contributed by atoms with E-state index in [2.05, 4.69) is 15.3 Å². The van der Waals surface area contributed by atoms with Crippen LogP contribution in [0.15, 0.2) is 59.0 Å². The molecule has 2 heterocycles. The number of hydrogen-bond acceptors (Lipinski definition) is 3. The number of carbonyl (C=O) groups is 1. The number of halogens is 2. The van der Waals surface area contributed by atoms with Gasteiger partial charge >= 0.3 is 0 Å². The molecule has 0 aliphatic heterocycles. The summed E-state index contributed by atoms with van der Waals surface area (Å²) in [6, 6.07) is 14.1. The number of fused-ring (bicyclic) bond motifs is 1. The predicted molar refractivity (Wildman–Crippen MR) is 93.2 cm³/mol. The number of nitrogens with zero attached hydrogens (tertiary/aromatic N) is 1. The summed E-state index contributed by atoms with van der Waals surface area (Å²) in [5.74, 6) is 0.255. The first-order chi connectivity index (χ1) is 12.1. The Morgan fingerprint density at radius 2 is 1.96 bits per heavy atom. The fraction of sp³-hybridized carbons (Fsp3) is 0. The van der Waals surface area contributed by atoms with E-state index >= 15 is 0 Å². The van der Waals surface area contributed by atoms with Crippen LogP contribution in [0.5, 0.6) is 0 Å². The summed E-state index contributed by atoms with van der Waals surface area (Å²) in [6.45, 7) is 0. The lowest BCUT2D eigenvalue weighted by atomic mass is 10.1. The molecule has 4 aromatic rings. The van der Waals surface area contributed by atoms with Crippen molar-refractivity contribution in [3.05, 3.63) is 71.2 Å². The molecule has 4 rings (SSSR count). The normalized spacial score (nSPS) is 11.0. The van der Waals surface area contributed by atoms with Gasteiger partial charge in [0.05, 0.1) is 21.8 Å². The van der Waals surface area contributed by atoms with Crippen LogP contribution in [0.1, 0.15) is 10.4 Å². The van der Waals surface area contributed by atoms with E-state index in [0.717, 1.165) is 0 Å². The van der Waals surface area contributed by atoms with Gasteiger partial charge in [0.25, 0.3) is 11.9 Å². The van der Waals surface area contributed by atoms with Crippen LogP contribution in [0.4, 0.5) is 10.1 Å². The Balaban J connectivity index is 1.73. The number of amides is 1. The fourth-order valence-corrected chi connectivity index (χ4v) is 2.71. The van der Waals surface area contributed by atoms with Crippen LogP contribution in [0.2, 0.25) is 5.02 Å². The number of furan rings is 1. The van der Waals surface area contributed by atoms with Crippen LogP contribution in [0, 0.1) is 6.01 Å². The average molecular weight is 356 g/mol. The second-order valence-corrected chi connectivity index (χ2v) is 5.73. The lowest BCUT2D eigenvalue weighted by Gasteiger charge is -2.07. The molecule has 2 aromatic heterocycles. The Morgan fingerprint density at radius 3 is 2.72 bits per heavy atom. The van der Waals surface area contributed by atoms with Gasteiger partial charge in [-0.25, -0.2) is 4.98 Å². The van der Waals surface area contributed by atoms with Crippen molar-refractivity contribution in [3.63, 3.8) is 0 Å². The number of imidazole rings is 1. The van der Waals surface area contributed by atoms with Gasteiger partial charge in [-0.3, -0.25) is 4.79 Å². The van der Waals surface area contributed by atoms with Crippen molar-refractivity contribution < 1.29 is 13.6 Å². The lowest BCUT2D eigenvalue weighted by molar-refractivity contribution is 0.102. The minimum atomic E-state index is -0.702. The second-order valence-electron chi connectivity index (χ2n) is 5.32. The average Bonchev–Trinajstić information content (AvgIpc) is 3.22. The Hall–Kier alpha value is -3.12. The molecule has 124 valence electrons. The number of benzene rings is 2. The summed E-state index contributed by atoms with van der Waals surface area (Å²) in [5, 5.41) is 3.21. The molecule has 5 nitrogen and oxygen atoms in total. The molecule has 0 aliphatic carbocycles. The summed E-state index contributed by atoms with van der Waals surface area (Å²) in [6.07, 6.45) is 0. The first-order valence-electron chi connectivity index (χ1n) is 7.42. The second kappa shape index (κ2) is 6.07. The highest BCUT2D eigenvalue weighted by molar-refractivity contribution is 6.34. The number of H-pyrrole nitrogens is 1. The maximum absolute atomic E-state index is 13.1. The molecule has 1 amide bonds. The van der Waals surface area contributed by atoms with Crippen molar-refractivity contribution in [1.82, 2.24) is 9.97 Å². The Bertz CT molecular complexity index is 1090. The highest BCUT2D eigenvalue weighted by Crippen LogP contribution is 2.26. The first kappa shape index (κ1) is 15.4. The molecule has 7 heteroatoms. The van der Waals surface area contributed by atoms with Crippen LogP contribution in [-0.4, -0.2) is 15.9 Å². The lowest BCUT2D eigenvalue weighted by Crippen LogP contribution is -2.12. The topological polar surface area (TPSA) is 70.9 Å². The third kappa shape index (κ3) is 2.88. The molecule has 0 saturated heterocycles. The van der Waals surface area contributed by atoms with Crippen molar-refractivity contribution >= 4 is 34.2 Å². The van der Waals surface area contributed by atoms with Gasteiger partial charge in [0.15, 0.2) is 11.6 Å². The van der Waals surface area contributed by atoms with Gasteiger partial charge in [-0.05, 0) is 30.3 Å². The van der Waals surface area contributed by atoms with E-state index in [0.29, 0.717) is 33.1 Å². The van der Waals surface area contributed by atoms with Gasteiger partial charge in [-0.2, -0.15) is 4.39 Å². The summed E-state index contributed by atoms with van der Waals surface area (Å²) >= 11 is 6.08. The van der Waals surface area contributed by atoms with Crippen molar-refractivity contribution in [2.75, 3.05) is 5.32 Å². The molecule has 0 bridgehead atoms. The molecule has 0 spiro atoms. The molecular formula is C18H11ClFN3O2. The highest BCUT2D eigenvalue weighted by Gasteiger charge is 2.16. The summed E-state index contributed by atoms with van der Waals surface area (Å²) < 4.78 is 18.0. The van der Waals surface area contributed by atoms with Crippen molar-refractivity contribution in [1.29, 1.82) is 0 Å². The van der Waals surface area contributed by atoms with Gasteiger partial charge in [-0.15, -0.1) is 0 Å². The van der Waals surface area contributed by atoms with Crippen LogP contribution in [0.25, 0.3) is 22.6 Å². The van der Waals surface area contributed by atoms with Crippen LogP contribution < -0.4 is 5.32 Å². The van der Waals surface area contributed by atoms with Gasteiger partial charge < -0.3 is 14.7 Å². The molecule has 2 N–H and O–H groups in total. The maximum Gasteiger partial charge on any atom is 0.278 e. The van der Waals surface area contributed by atoms with Gasteiger partial charge in [-0.1, -0.05) is 29.8 Å². The van der Waals surface area contributed by atoms with Crippen LogP contribution >= 0.6 is 11.6 Å². The van der Waals surface area contributed by atoms with Crippen LogP contribution in [0.3, 0.4) is 0 Å². The third-order valence-electron chi connectivity index (χ3n) is 3.69. The SMILES string of the molecule is O=C(Nc1ccccc1Cl)c1cccc2[nH]c(-c3ccc(F)o3)nc12. The summed E-state index contributed by atoms with van der Waals surface area (Å²) in [7, 11) is 0. The summed E-state index contributed by atoms with van der Waals surface area (Å²) in [5.41, 5.74) is 1.97. The first-order valence-corrected chi connectivity index (χ1v) is 7.80. The Kier molecular flexibility index (Phi) is 3.74. The number of hydrogen-bond donors (Lipinski definition) is 2. The number of nitrogens with one attached hydrogen (secondary N) is 2. The maximum atomic E-state index is 13.1. The van der Waals surface area contributed by atoms with Crippen molar-refractivity contribution in [2.24, 2.45) is 0 Å². The van der Waals surface area contributed by atoms with Gasteiger partial charge in [0.1, 0.15) is 5.52 Å². The largest absolute Gasteiger partial charge is 0.428 e. The molecule has 0 fully saturated rings. The molecule has 0 saturated carbocycles. The molecule has 2 aromatic carbocycles. The Morgan fingerprint density at radius 1 is 1.12 bits per heavy atom. The van der Waals surface area contributed by atoms with E-state index in [-0.39, 0.29) is 11.7 Å². The number of carbonyl (C=O) groups excluding carboxylic acids is 1. The number of aromatic amines is 1. The fourth-order valence-electron chi connectivity index (χ4n) is 2.53. The molecular weight excluding hydrogens is 345 g/mol. The van der Waals surface area contributed by atoms with E-state index in [9.17, 15) is 9.18 Å². The van der Waals surface area contributed by atoms with Gasteiger partial charge in [0.2, 0.25) is 0 Å². The highest BCUT2D eigenvalue weighted by atomic mass is 35.5. The monoisotopic (exact) mass is 355 g/mol. The van der Waals surface area contributed by atoms with Crippen LogP contribution in [-0.2, 0) is 0 Å². The van der Waals surface area contributed by atoms with E-state index in [1.165, 1.54) is 12.1 Å².